The number of hydrogen-bond acceptors (Lipinski definition) is 2. The van der Waals surface area contributed by atoms with Crippen LogP contribution in [0.3, 0.4) is 0 Å². The van der Waals surface area contributed by atoms with E-state index in [4.69, 9.17) is 0 Å². The molecule has 0 saturated heterocycles. The third kappa shape index (κ3) is 3.92. The molecule has 0 bridgehead atoms. The zero-order valence-electron chi connectivity index (χ0n) is 12.2. The van der Waals surface area contributed by atoms with Crippen molar-refractivity contribution in [3.63, 3.8) is 0 Å². The lowest BCUT2D eigenvalue weighted by atomic mass is 10.0. The van der Waals surface area contributed by atoms with Crippen LogP contribution in [-0.4, -0.2) is 17.8 Å². The third-order valence-electron chi connectivity index (χ3n) is 3.69. The molecule has 20 heavy (non-hydrogen) atoms. The molecule has 2 nitrogen and oxygen atoms in total. The van der Waals surface area contributed by atoms with Gasteiger partial charge < -0.3 is 10.4 Å². The van der Waals surface area contributed by atoms with Crippen molar-refractivity contribution >= 4 is 0 Å². The molecule has 0 heterocycles. The summed E-state index contributed by atoms with van der Waals surface area (Å²) in [5.41, 5.74) is 3.82. The van der Waals surface area contributed by atoms with Crippen LogP contribution in [0, 0.1) is 6.92 Å². The molecule has 106 valence electrons. The first kappa shape index (κ1) is 14.8. The Morgan fingerprint density at radius 3 is 2.30 bits per heavy atom. The summed E-state index contributed by atoms with van der Waals surface area (Å²) < 4.78 is 0. The molecular weight excluding hydrogens is 246 g/mol. The van der Waals surface area contributed by atoms with E-state index in [0.717, 1.165) is 6.42 Å². The maximum absolute atomic E-state index is 9.59. The molecule has 0 amide bonds. The Hall–Kier alpha value is -1.64. The third-order valence-corrected chi connectivity index (χ3v) is 3.69. The Morgan fingerprint density at radius 1 is 1.00 bits per heavy atom. The van der Waals surface area contributed by atoms with Gasteiger partial charge in [0.15, 0.2) is 0 Å². The monoisotopic (exact) mass is 269 g/mol. The molecule has 2 aromatic carbocycles. The molecule has 0 aromatic heterocycles. The first-order valence-corrected chi connectivity index (χ1v) is 7.17. The van der Waals surface area contributed by atoms with Gasteiger partial charge >= 0.3 is 0 Å². The second-order valence-electron chi connectivity index (χ2n) is 5.31. The smallest absolute Gasteiger partial charge is 0.0588 e. The Balaban J connectivity index is 2.01. The van der Waals surface area contributed by atoms with Crippen molar-refractivity contribution in [2.24, 2.45) is 0 Å². The number of aliphatic hydroxyl groups is 1. The van der Waals surface area contributed by atoms with Crippen LogP contribution < -0.4 is 5.32 Å². The molecule has 0 spiro atoms. The van der Waals surface area contributed by atoms with Gasteiger partial charge in [-0.05, 0) is 37.0 Å². The van der Waals surface area contributed by atoms with E-state index in [9.17, 15) is 5.11 Å². The second-order valence-corrected chi connectivity index (χ2v) is 5.31. The van der Waals surface area contributed by atoms with Crippen molar-refractivity contribution in [3.05, 3.63) is 71.3 Å². The first-order valence-electron chi connectivity index (χ1n) is 7.17. The molecule has 0 aliphatic carbocycles. The minimum atomic E-state index is 0.0759. The quantitative estimate of drug-likeness (QED) is 0.843. The number of aryl methyl sites for hydroxylation is 1. The first-order chi connectivity index (χ1) is 9.70. The van der Waals surface area contributed by atoms with Gasteiger partial charge in [0.2, 0.25) is 0 Å². The second kappa shape index (κ2) is 7.22. The summed E-state index contributed by atoms with van der Waals surface area (Å²) >= 11 is 0. The van der Waals surface area contributed by atoms with Crippen molar-refractivity contribution < 1.29 is 5.11 Å². The van der Waals surface area contributed by atoms with Crippen molar-refractivity contribution in [3.8, 4) is 0 Å². The van der Waals surface area contributed by atoms with Crippen LogP contribution in [0.4, 0.5) is 0 Å². The summed E-state index contributed by atoms with van der Waals surface area (Å²) in [6.07, 6.45) is 0.841. The summed E-state index contributed by atoms with van der Waals surface area (Å²) in [5.74, 6) is 0. The van der Waals surface area contributed by atoms with Gasteiger partial charge in [-0.3, -0.25) is 0 Å². The molecule has 0 saturated carbocycles. The van der Waals surface area contributed by atoms with Gasteiger partial charge in [-0.1, -0.05) is 54.6 Å². The minimum absolute atomic E-state index is 0.0759. The van der Waals surface area contributed by atoms with Crippen molar-refractivity contribution in [1.29, 1.82) is 0 Å². The molecule has 0 radical (unpaired) electrons. The Labute approximate surface area is 121 Å². The molecule has 1 unspecified atom stereocenters. The van der Waals surface area contributed by atoms with Crippen molar-refractivity contribution in [2.45, 2.75) is 32.4 Å². The van der Waals surface area contributed by atoms with E-state index in [1.807, 2.05) is 18.2 Å². The van der Waals surface area contributed by atoms with Gasteiger partial charge in [-0.2, -0.15) is 0 Å². The molecule has 2 N–H and O–H groups in total. The van der Waals surface area contributed by atoms with E-state index in [1.54, 1.807) is 0 Å². The molecule has 2 rings (SSSR count). The lowest BCUT2D eigenvalue weighted by Gasteiger charge is -2.23. The summed E-state index contributed by atoms with van der Waals surface area (Å²) in [6.45, 7) is 4.42. The van der Waals surface area contributed by atoms with Crippen LogP contribution in [0.15, 0.2) is 54.6 Å². The maximum atomic E-state index is 9.59. The molecule has 0 fully saturated rings. The minimum Gasteiger partial charge on any atom is -0.395 e. The average Bonchev–Trinajstić information content (AvgIpc) is 2.48. The zero-order valence-corrected chi connectivity index (χ0v) is 12.2. The number of hydrogen-bond donors (Lipinski definition) is 2. The van der Waals surface area contributed by atoms with Gasteiger partial charge in [0, 0.05) is 12.1 Å². The van der Waals surface area contributed by atoms with Crippen LogP contribution in [-0.2, 0) is 6.42 Å². The predicted molar refractivity (Wildman–Crippen MR) is 83.7 cm³/mol. The van der Waals surface area contributed by atoms with Gasteiger partial charge in [0.25, 0.3) is 0 Å². The summed E-state index contributed by atoms with van der Waals surface area (Å²) in [6, 6.07) is 19.0. The molecule has 0 aliphatic heterocycles. The SMILES string of the molecule is Cc1ccccc1C(C)N[C@@H](CO)Cc1ccccc1. The number of rotatable bonds is 6. The zero-order chi connectivity index (χ0) is 14.4. The molecule has 2 heteroatoms. The van der Waals surface area contributed by atoms with E-state index in [1.165, 1.54) is 16.7 Å². The summed E-state index contributed by atoms with van der Waals surface area (Å²) in [5, 5.41) is 13.1. The van der Waals surface area contributed by atoms with Gasteiger partial charge in [0.05, 0.1) is 6.61 Å². The Morgan fingerprint density at radius 2 is 1.65 bits per heavy atom. The van der Waals surface area contributed by atoms with Crippen molar-refractivity contribution in [1.82, 2.24) is 5.32 Å². The molecule has 2 aromatic rings. The fraction of sp³-hybridized carbons (Fsp3) is 0.333. The lowest BCUT2D eigenvalue weighted by molar-refractivity contribution is 0.232. The Kier molecular flexibility index (Phi) is 5.33. The van der Waals surface area contributed by atoms with Crippen LogP contribution in [0.2, 0.25) is 0 Å². The lowest BCUT2D eigenvalue weighted by Crippen LogP contribution is -2.36. The number of aliphatic hydroxyl groups excluding tert-OH is 1. The summed E-state index contributed by atoms with van der Waals surface area (Å²) in [7, 11) is 0. The van der Waals surface area contributed by atoms with Crippen LogP contribution >= 0.6 is 0 Å². The highest BCUT2D eigenvalue weighted by Gasteiger charge is 2.14. The highest BCUT2D eigenvalue weighted by atomic mass is 16.3. The standard InChI is InChI=1S/C18H23NO/c1-14-8-6-7-11-18(14)15(2)19-17(13-20)12-16-9-4-3-5-10-16/h3-11,15,17,19-20H,12-13H2,1-2H3/t15?,17-/m1/s1. The van der Waals surface area contributed by atoms with E-state index in [2.05, 4.69) is 55.6 Å². The topological polar surface area (TPSA) is 32.3 Å². The highest BCUT2D eigenvalue weighted by Crippen LogP contribution is 2.18. The van der Waals surface area contributed by atoms with Crippen LogP contribution in [0.5, 0.6) is 0 Å². The van der Waals surface area contributed by atoms with Crippen LogP contribution in [0.1, 0.15) is 29.7 Å². The number of nitrogens with one attached hydrogen (secondary N) is 1. The van der Waals surface area contributed by atoms with E-state index in [0.29, 0.717) is 0 Å². The fourth-order valence-electron chi connectivity index (χ4n) is 2.59. The highest BCUT2D eigenvalue weighted by molar-refractivity contribution is 5.28. The normalized spacial score (nSPS) is 13.9. The Bertz CT molecular complexity index is 524. The van der Waals surface area contributed by atoms with Gasteiger partial charge in [0.1, 0.15) is 0 Å². The molecule has 2 atom stereocenters. The fourth-order valence-corrected chi connectivity index (χ4v) is 2.59. The van der Waals surface area contributed by atoms with Crippen molar-refractivity contribution in [2.75, 3.05) is 6.61 Å². The largest absolute Gasteiger partial charge is 0.395 e. The predicted octanol–water partition coefficient (Wildman–Crippen LogP) is 3.25. The van der Waals surface area contributed by atoms with E-state index >= 15 is 0 Å². The van der Waals surface area contributed by atoms with Gasteiger partial charge in [-0.15, -0.1) is 0 Å². The molecular formula is C18H23NO. The van der Waals surface area contributed by atoms with Gasteiger partial charge in [-0.25, -0.2) is 0 Å². The average molecular weight is 269 g/mol. The number of benzene rings is 2. The summed E-state index contributed by atoms with van der Waals surface area (Å²) in [4.78, 5) is 0. The van der Waals surface area contributed by atoms with E-state index in [-0.39, 0.29) is 18.7 Å². The maximum Gasteiger partial charge on any atom is 0.0588 e. The van der Waals surface area contributed by atoms with E-state index < -0.39 is 0 Å². The van der Waals surface area contributed by atoms with Crippen LogP contribution in [0.25, 0.3) is 0 Å². The molecule has 0 aliphatic rings.